The maximum atomic E-state index is 13.9. The van der Waals surface area contributed by atoms with E-state index in [-0.39, 0.29) is 46.2 Å². The van der Waals surface area contributed by atoms with Crippen LogP contribution in [0.3, 0.4) is 0 Å². The van der Waals surface area contributed by atoms with Crippen molar-refractivity contribution in [3.63, 3.8) is 0 Å². The summed E-state index contributed by atoms with van der Waals surface area (Å²) in [5, 5.41) is 18.8. The Morgan fingerprint density at radius 1 is 0.800 bits per heavy atom. The van der Waals surface area contributed by atoms with Gasteiger partial charge in [0.1, 0.15) is 34.7 Å². The molecule has 1 heterocycles. The van der Waals surface area contributed by atoms with Gasteiger partial charge in [-0.05, 0) is 29.8 Å². The van der Waals surface area contributed by atoms with Gasteiger partial charge in [-0.2, -0.15) is 0 Å². The van der Waals surface area contributed by atoms with E-state index in [2.05, 4.69) is 0 Å². The largest absolute Gasteiger partial charge is 0.488 e. The van der Waals surface area contributed by atoms with Crippen LogP contribution in [0.1, 0.15) is 45.7 Å². The van der Waals surface area contributed by atoms with E-state index < -0.39 is 47.4 Å². The monoisotopic (exact) mass is 540 g/mol. The van der Waals surface area contributed by atoms with Gasteiger partial charge in [-0.25, -0.2) is 0 Å². The van der Waals surface area contributed by atoms with E-state index in [1.807, 2.05) is 6.07 Å². The zero-order valence-electron chi connectivity index (χ0n) is 21.3. The number of aliphatic hydroxyl groups is 2. The van der Waals surface area contributed by atoms with Gasteiger partial charge in [0.2, 0.25) is 11.6 Å². The Bertz CT molecular complexity index is 1530. The summed E-state index contributed by atoms with van der Waals surface area (Å²) < 4.78 is 17.1. The normalized spacial score (nSPS) is 24.1. The minimum atomic E-state index is -2.38. The van der Waals surface area contributed by atoms with Crippen molar-refractivity contribution in [2.45, 2.75) is 31.5 Å². The van der Waals surface area contributed by atoms with Gasteiger partial charge in [0, 0.05) is 18.1 Å². The minimum Gasteiger partial charge on any atom is -0.488 e. The van der Waals surface area contributed by atoms with E-state index in [4.69, 9.17) is 14.2 Å². The summed E-state index contributed by atoms with van der Waals surface area (Å²) in [6, 6.07) is 21.1. The molecular formula is C31H24O9. The van der Waals surface area contributed by atoms with Gasteiger partial charge in [0.25, 0.3) is 0 Å². The van der Waals surface area contributed by atoms with Crippen LogP contribution in [0.4, 0.5) is 0 Å². The number of fused-ring (bicyclic) bond motifs is 2. The molecule has 6 rings (SSSR count). The molecule has 1 aliphatic heterocycles. The van der Waals surface area contributed by atoms with E-state index in [1.54, 1.807) is 48.5 Å². The molecule has 2 N–H and O–H groups in total. The zero-order valence-corrected chi connectivity index (χ0v) is 21.3. The van der Waals surface area contributed by atoms with Crippen molar-refractivity contribution < 1.29 is 43.6 Å². The Labute approximate surface area is 228 Å². The second-order valence-electron chi connectivity index (χ2n) is 10.1. The molecule has 4 atom stereocenters. The standard InChI is InChI=1S/C31H24O9/c1-31(36,37)40-18-13-11-17(12-14-18)38-22-15-21(32)23-24(28(22)35)30(39-29(23)16-7-3-2-4-8-16)25-26(33)19-9-5-6-10-20(19)27(25)34/h2-14,22-24,29,36-37H,15H2,1H3. The molecule has 3 aromatic carbocycles. The molecule has 4 unspecified atom stereocenters. The number of ether oxygens (including phenoxy) is 3. The molecule has 0 spiro atoms. The van der Waals surface area contributed by atoms with Crippen molar-refractivity contribution in [1.29, 1.82) is 0 Å². The van der Waals surface area contributed by atoms with E-state index in [1.165, 1.54) is 24.3 Å². The average Bonchev–Trinajstić information content (AvgIpc) is 3.44. The van der Waals surface area contributed by atoms with Gasteiger partial charge >= 0.3 is 5.97 Å². The van der Waals surface area contributed by atoms with E-state index in [0.717, 1.165) is 6.92 Å². The predicted octanol–water partition coefficient (Wildman–Crippen LogP) is 3.35. The predicted molar refractivity (Wildman–Crippen MR) is 138 cm³/mol. The highest BCUT2D eigenvalue weighted by atomic mass is 16.8. The Morgan fingerprint density at radius 2 is 1.38 bits per heavy atom. The highest BCUT2D eigenvalue weighted by Crippen LogP contribution is 2.51. The first-order chi connectivity index (χ1) is 19.1. The van der Waals surface area contributed by atoms with E-state index in [0.29, 0.717) is 5.56 Å². The maximum absolute atomic E-state index is 13.9. The molecule has 2 aliphatic carbocycles. The number of carbonyl (C=O) groups excluding carboxylic acids is 4. The molecule has 3 aliphatic rings. The second-order valence-corrected chi connectivity index (χ2v) is 10.1. The topological polar surface area (TPSA) is 136 Å². The molecule has 3 aromatic rings. The summed E-state index contributed by atoms with van der Waals surface area (Å²) in [7, 11) is 0. The van der Waals surface area contributed by atoms with Crippen LogP contribution < -0.4 is 9.47 Å². The number of carbonyl (C=O) groups is 4. The highest BCUT2D eigenvalue weighted by molar-refractivity contribution is 6.40. The molecule has 0 bridgehead atoms. The summed E-state index contributed by atoms with van der Waals surface area (Å²) in [6.45, 7) is 1.05. The Kier molecular flexibility index (Phi) is 6.13. The Hall–Kier alpha value is -4.60. The molecule has 1 saturated carbocycles. The number of hydrogen-bond acceptors (Lipinski definition) is 9. The first-order valence-electron chi connectivity index (χ1n) is 12.7. The number of rotatable bonds is 5. The third-order valence-corrected chi connectivity index (χ3v) is 7.26. The van der Waals surface area contributed by atoms with Gasteiger partial charge in [0.05, 0.1) is 18.3 Å². The van der Waals surface area contributed by atoms with Gasteiger partial charge in [-0.15, -0.1) is 0 Å². The molecule has 202 valence electrons. The van der Waals surface area contributed by atoms with Crippen molar-refractivity contribution in [1.82, 2.24) is 0 Å². The maximum Gasteiger partial charge on any atom is 0.318 e. The molecule has 0 aromatic heterocycles. The molecule has 1 saturated heterocycles. The van der Waals surface area contributed by atoms with Crippen LogP contribution >= 0.6 is 0 Å². The van der Waals surface area contributed by atoms with Gasteiger partial charge < -0.3 is 24.4 Å². The number of hydrogen-bond donors (Lipinski definition) is 2. The number of allylic oxidation sites excluding steroid dienone is 2. The van der Waals surface area contributed by atoms with Crippen LogP contribution in [0, 0.1) is 11.8 Å². The second kappa shape index (κ2) is 9.55. The molecule has 0 radical (unpaired) electrons. The quantitative estimate of drug-likeness (QED) is 0.284. The smallest absolute Gasteiger partial charge is 0.318 e. The van der Waals surface area contributed by atoms with Gasteiger partial charge in [-0.3, -0.25) is 19.2 Å². The Morgan fingerprint density at radius 3 is 1.98 bits per heavy atom. The van der Waals surface area contributed by atoms with Crippen LogP contribution in [0.5, 0.6) is 11.5 Å². The fraction of sp³-hybridized carbons (Fsp3) is 0.226. The molecule has 9 nitrogen and oxygen atoms in total. The van der Waals surface area contributed by atoms with Crippen molar-refractivity contribution in [3.8, 4) is 11.5 Å². The zero-order chi connectivity index (χ0) is 28.2. The van der Waals surface area contributed by atoms with Crippen molar-refractivity contribution in [2.75, 3.05) is 0 Å². The first kappa shape index (κ1) is 25.7. The van der Waals surface area contributed by atoms with Crippen LogP contribution in [0.15, 0.2) is 90.2 Å². The van der Waals surface area contributed by atoms with Gasteiger partial charge in [0.15, 0.2) is 11.9 Å². The van der Waals surface area contributed by atoms with Crippen LogP contribution in [-0.2, 0) is 14.3 Å². The fourth-order valence-electron chi connectivity index (χ4n) is 5.58. The van der Waals surface area contributed by atoms with Crippen LogP contribution in [0.2, 0.25) is 0 Å². The van der Waals surface area contributed by atoms with Crippen molar-refractivity contribution >= 4 is 23.1 Å². The molecule has 40 heavy (non-hydrogen) atoms. The van der Waals surface area contributed by atoms with Gasteiger partial charge in [-0.1, -0.05) is 54.6 Å². The van der Waals surface area contributed by atoms with E-state index in [9.17, 15) is 29.4 Å². The Balaban J connectivity index is 1.37. The summed E-state index contributed by atoms with van der Waals surface area (Å²) in [4.78, 5) is 54.3. The molecule has 2 fully saturated rings. The summed E-state index contributed by atoms with van der Waals surface area (Å²) in [5.74, 6) is -6.03. The van der Waals surface area contributed by atoms with E-state index >= 15 is 0 Å². The van der Waals surface area contributed by atoms with Crippen molar-refractivity contribution in [3.05, 3.63) is 107 Å². The number of Topliss-reactive ketones (excluding diaryl/α,β-unsaturated/α-hetero) is 4. The third kappa shape index (κ3) is 4.39. The fourth-order valence-corrected chi connectivity index (χ4v) is 5.58. The number of ketones is 4. The molecule has 9 heteroatoms. The summed E-state index contributed by atoms with van der Waals surface area (Å²) in [5.41, 5.74) is 0.878. The SMILES string of the molecule is CC(O)(O)Oc1ccc(OC2CC(=O)C3C(C2=O)C(=C2C(=O)c4ccccc4C2=O)OC3c2ccccc2)cc1. The number of benzene rings is 3. The van der Waals surface area contributed by atoms with Crippen LogP contribution in [0.25, 0.3) is 0 Å². The molecule has 0 amide bonds. The molecular weight excluding hydrogens is 516 g/mol. The first-order valence-corrected chi connectivity index (χ1v) is 12.7. The average molecular weight is 541 g/mol. The lowest BCUT2D eigenvalue weighted by Crippen LogP contribution is -2.46. The third-order valence-electron chi connectivity index (χ3n) is 7.26. The highest BCUT2D eigenvalue weighted by Gasteiger charge is 2.58. The van der Waals surface area contributed by atoms with Crippen molar-refractivity contribution in [2.24, 2.45) is 11.8 Å². The summed E-state index contributed by atoms with van der Waals surface area (Å²) in [6.07, 6.45) is -2.26. The summed E-state index contributed by atoms with van der Waals surface area (Å²) >= 11 is 0. The minimum absolute atomic E-state index is 0.0920. The van der Waals surface area contributed by atoms with Crippen LogP contribution in [-0.4, -0.2) is 45.4 Å². The lowest BCUT2D eigenvalue weighted by atomic mass is 9.72. The lowest BCUT2D eigenvalue weighted by Gasteiger charge is -2.30. The lowest BCUT2D eigenvalue weighted by molar-refractivity contribution is -0.277.